The Hall–Kier alpha value is -2.74. The summed E-state index contributed by atoms with van der Waals surface area (Å²) in [6.45, 7) is 3.86. The second kappa shape index (κ2) is 8.39. The van der Waals surface area contributed by atoms with Crippen molar-refractivity contribution in [2.45, 2.75) is 23.6 Å². The summed E-state index contributed by atoms with van der Waals surface area (Å²) in [5, 5.41) is 10.1. The Bertz CT molecular complexity index is 794. The van der Waals surface area contributed by atoms with Gasteiger partial charge in [-0.05, 0) is 26.0 Å². The number of rotatable bonds is 6. The maximum Gasteiger partial charge on any atom is 0.354 e. The van der Waals surface area contributed by atoms with E-state index < -0.39 is 11.9 Å². The van der Waals surface area contributed by atoms with E-state index in [4.69, 9.17) is 4.74 Å². The monoisotopic (exact) mass is 361 g/mol. The van der Waals surface area contributed by atoms with E-state index >= 15 is 0 Å². The number of nitrogens with one attached hydrogen (secondary N) is 2. The molecule has 2 aromatic rings. The molecule has 7 nitrogen and oxygen atoms in total. The Morgan fingerprint density at radius 1 is 1.20 bits per heavy atom. The van der Waals surface area contributed by atoms with Gasteiger partial charge in [-0.15, -0.1) is 0 Å². The smallest absolute Gasteiger partial charge is 0.354 e. The number of carbonyl (C=O) groups excluding carboxylic acids is 2. The molecule has 1 heterocycles. The largest absolute Gasteiger partial charge is 0.466 e. The molecule has 0 saturated carbocycles. The van der Waals surface area contributed by atoms with E-state index in [0.29, 0.717) is 5.69 Å². The van der Waals surface area contributed by atoms with Crippen molar-refractivity contribution in [3.63, 3.8) is 0 Å². The molecular formula is C17H19N3O4S. The van der Waals surface area contributed by atoms with Crippen LogP contribution in [0.4, 0.5) is 5.69 Å². The molecule has 0 aliphatic carbocycles. The number of hydrogen-bond acceptors (Lipinski definition) is 7. The summed E-state index contributed by atoms with van der Waals surface area (Å²) in [4.78, 5) is 25.3. The number of para-hydroxylation sites is 1. The molecule has 25 heavy (non-hydrogen) atoms. The molecule has 2 N–H and O–H groups in total. The first kappa shape index (κ1) is 18.6. The molecule has 1 aromatic heterocycles. The summed E-state index contributed by atoms with van der Waals surface area (Å²) in [7, 11) is 2.48. The lowest BCUT2D eigenvalue weighted by Gasteiger charge is -2.13. The van der Waals surface area contributed by atoms with Gasteiger partial charge >= 0.3 is 11.9 Å². The number of ether oxygens (including phenoxy) is 2. The standard InChI is InChI=1S/C17H19N3O4S/c1-10-16(11(2)20-19-10)25-14-8-6-5-7-12(14)18-13(17(22)24-4)9-15(21)23-3/h5-9,18H,1-4H3,(H,19,20)/b13-9+. The number of hydrogen-bond donors (Lipinski definition) is 2. The molecule has 2 rings (SSSR count). The van der Waals surface area contributed by atoms with Gasteiger partial charge in [-0.2, -0.15) is 5.10 Å². The molecule has 0 amide bonds. The van der Waals surface area contributed by atoms with Crippen LogP contribution >= 0.6 is 11.8 Å². The molecule has 0 aliphatic rings. The molecule has 0 unspecified atom stereocenters. The van der Waals surface area contributed by atoms with E-state index in [1.165, 1.54) is 26.0 Å². The minimum atomic E-state index is -0.666. The van der Waals surface area contributed by atoms with Gasteiger partial charge in [-0.1, -0.05) is 23.9 Å². The highest BCUT2D eigenvalue weighted by Crippen LogP contribution is 2.36. The fourth-order valence-electron chi connectivity index (χ4n) is 2.04. The lowest BCUT2D eigenvalue weighted by molar-refractivity contribution is -0.138. The highest BCUT2D eigenvalue weighted by Gasteiger charge is 2.16. The molecule has 0 radical (unpaired) electrons. The van der Waals surface area contributed by atoms with E-state index in [9.17, 15) is 9.59 Å². The summed E-state index contributed by atoms with van der Waals surface area (Å²) < 4.78 is 9.29. The molecule has 8 heteroatoms. The van der Waals surface area contributed by atoms with Gasteiger partial charge in [-0.3, -0.25) is 5.10 Å². The van der Waals surface area contributed by atoms with Gasteiger partial charge in [0.25, 0.3) is 0 Å². The van der Waals surface area contributed by atoms with Crippen LogP contribution in [-0.4, -0.2) is 36.4 Å². The third-order valence-corrected chi connectivity index (χ3v) is 4.68. The number of nitrogens with zero attached hydrogens (tertiary/aromatic N) is 1. The molecule has 0 atom stereocenters. The number of esters is 2. The highest BCUT2D eigenvalue weighted by atomic mass is 32.2. The average Bonchev–Trinajstić information content (AvgIpc) is 2.93. The minimum absolute atomic E-state index is 0.0111. The number of aryl methyl sites for hydroxylation is 2. The molecule has 0 aliphatic heterocycles. The SMILES string of the molecule is COC(=O)/C=C(/Nc1ccccc1Sc1c(C)n[nH]c1C)C(=O)OC. The Kier molecular flexibility index (Phi) is 6.24. The van der Waals surface area contributed by atoms with E-state index in [0.717, 1.165) is 27.3 Å². The van der Waals surface area contributed by atoms with Crippen LogP contribution in [0.3, 0.4) is 0 Å². The van der Waals surface area contributed by atoms with Crippen LogP contribution in [0, 0.1) is 13.8 Å². The molecule has 1 aromatic carbocycles. The Morgan fingerprint density at radius 2 is 1.92 bits per heavy atom. The van der Waals surface area contributed by atoms with Crippen LogP contribution in [0.5, 0.6) is 0 Å². The number of anilines is 1. The fourth-order valence-corrected chi connectivity index (χ4v) is 3.03. The van der Waals surface area contributed by atoms with Gasteiger partial charge in [0.1, 0.15) is 5.70 Å². The van der Waals surface area contributed by atoms with Crippen molar-refractivity contribution in [2.24, 2.45) is 0 Å². The summed E-state index contributed by atoms with van der Waals surface area (Å²) in [6, 6.07) is 7.43. The zero-order valence-electron chi connectivity index (χ0n) is 14.4. The van der Waals surface area contributed by atoms with Crippen molar-refractivity contribution in [2.75, 3.05) is 19.5 Å². The zero-order chi connectivity index (χ0) is 18.4. The Labute approximate surface area is 149 Å². The number of H-pyrrole nitrogens is 1. The number of benzene rings is 1. The van der Waals surface area contributed by atoms with Crippen LogP contribution in [0.1, 0.15) is 11.4 Å². The van der Waals surface area contributed by atoms with Gasteiger partial charge in [-0.25, -0.2) is 9.59 Å². The first-order chi connectivity index (χ1) is 12.0. The highest BCUT2D eigenvalue weighted by molar-refractivity contribution is 7.99. The average molecular weight is 361 g/mol. The van der Waals surface area contributed by atoms with Crippen LogP contribution in [0.15, 0.2) is 45.8 Å². The summed E-state index contributed by atoms with van der Waals surface area (Å²) in [6.07, 6.45) is 1.06. The number of carbonyl (C=O) groups is 2. The quantitative estimate of drug-likeness (QED) is 0.603. The van der Waals surface area contributed by atoms with E-state index in [1.807, 2.05) is 32.0 Å². The fraction of sp³-hybridized carbons (Fsp3) is 0.235. The molecule has 0 fully saturated rings. The lowest BCUT2D eigenvalue weighted by atomic mass is 10.3. The zero-order valence-corrected chi connectivity index (χ0v) is 15.2. The number of aromatic amines is 1. The van der Waals surface area contributed by atoms with Crippen LogP contribution < -0.4 is 5.32 Å². The van der Waals surface area contributed by atoms with Gasteiger partial charge in [0.05, 0.1) is 36.6 Å². The van der Waals surface area contributed by atoms with Crippen LogP contribution in [0.25, 0.3) is 0 Å². The molecule has 0 spiro atoms. The minimum Gasteiger partial charge on any atom is -0.466 e. The first-order valence-corrected chi connectivity index (χ1v) is 8.21. The Balaban J connectivity index is 2.34. The van der Waals surface area contributed by atoms with Crippen molar-refractivity contribution in [3.05, 3.63) is 47.4 Å². The number of aromatic nitrogens is 2. The van der Waals surface area contributed by atoms with Gasteiger partial charge < -0.3 is 14.8 Å². The van der Waals surface area contributed by atoms with Gasteiger partial charge in [0.2, 0.25) is 0 Å². The third-order valence-electron chi connectivity index (χ3n) is 3.30. The summed E-state index contributed by atoms with van der Waals surface area (Å²) in [5.41, 5.74) is 2.49. The van der Waals surface area contributed by atoms with Crippen LogP contribution in [0.2, 0.25) is 0 Å². The summed E-state index contributed by atoms with van der Waals surface area (Å²) in [5.74, 6) is -1.32. The third kappa shape index (κ3) is 4.63. The number of methoxy groups -OCH3 is 2. The maximum absolute atomic E-state index is 11.9. The van der Waals surface area contributed by atoms with Crippen molar-refractivity contribution in [1.29, 1.82) is 0 Å². The van der Waals surface area contributed by atoms with Gasteiger partial charge in [0, 0.05) is 10.6 Å². The van der Waals surface area contributed by atoms with E-state index in [2.05, 4.69) is 20.3 Å². The van der Waals surface area contributed by atoms with E-state index in [-0.39, 0.29) is 5.70 Å². The first-order valence-electron chi connectivity index (χ1n) is 7.39. The molecular weight excluding hydrogens is 342 g/mol. The lowest BCUT2D eigenvalue weighted by Crippen LogP contribution is -2.15. The normalized spacial score (nSPS) is 11.1. The maximum atomic E-state index is 11.9. The second-order valence-electron chi connectivity index (χ2n) is 5.06. The van der Waals surface area contributed by atoms with Crippen molar-refractivity contribution >= 4 is 29.4 Å². The topological polar surface area (TPSA) is 93.3 Å². The van der Waals surface area contributed by atoms with E-state index in [1.54, 1.807) is 6.07 Å². The molecule has 0 bridgehead atoms. The molecule has 0 saturated heterocycles. The summed E-state index contributed by atoms with van der Waals surface area (Å²) >= 11 is 1.51. The Morgan fingerprint density at radius 3 is 2.52 bits per heavy atom. The predicted molar refractivity (Wildman–Crippen MR) is 94.4 cm³/mol. The molecule has 132 valence electrons. The van der Waals surface area contributed by atoms with Crippen molar-refractivity contribution in [1.82, 2.24) is 10.2 Å². The van der Waals surface area contributed by atoms with Crippen molar-refractivity contribution in [3.8, 4) is 0 Å². The van der Waals surface area contributed by atoms with Crippen LogP contribution in [-0.2, 0) is 19.1 Å². The second-order valence-corrected chi connectivity index (χ2v) is 6.11. The van der Waals surface area contributed by atoms with Gasteiger partial charge in [0.15, 0.2) is 0 Å². The predicted octanol–water partition coefficient (Wildman–Crippen LogP) is 2.82. The van der Waals surface area contributed by atoms with Crippen molar-refractivity contribution < 1.29 is 19.1 Å².